The van der Waals surface area contributed by atoms with Crippen LogP contribution in [0.25, 0.3) is 16.2 Å². The molecule has 1 aromatic carbocycles. The molecular formula is C18H14N6O3S. The second kappa shape index (κ2) is 6.57. The highest BCUT2D eigenvalue weighted by Crippen LogP contribution is 2.40. The Morgan fingerprint density at radius 2 is 2.00 bits per heavy atom. The molecule has 0 spiro atoms. The van der Waals surface area contributed by atoms with E-state index in [1.54, 1.807) is 30.6 Å². The van der Waals surface area contributed by atoms with E-state index in [1.165, 1.54) is 22.2 Å². The van der Waals surface area contributed by atoms with E-state index in [2.05, 4.69) is 25.7 Å². The van der Waals surface area contributed by atoms with Crippen molar-refractivity contribution in [2.24, 2.45) is 0 Å². The van der Waals surface area contributed by atoms with Crippen LogP contribution in [0.2, 0.25) is 0 Å². The molecule has 2 N–H and O–H groups in total. The lowest BCUT2D eigenvalue weighted by molar-refractivity contribution is -0.132. The SMILES string of the molecule is O=C(Nc1ccc2oc(C3CC3)nc2c1)C(=O)Nc1cnn(-c2nccs2)c1. The van der Waals surface area contributed by atoms with Crippen LogP contribution in [0, 0.1) is 0 Å². The van der Waals surface area contributed by atoms with Gasteiger partial charge in [-0.1, -0.05) is 0 Å². The van der Waals surface area contributed by atoms with Crippen LogP contribution in [-0.4, -0.2) is 31.6 Å². The Labute approximate surface area is 162 Å². The predicted octanol–water partition coefficient (Wildman–Crippen LogP) is 2.92. The summed E-state index contributed by atoms with van der Waals surface area (Å²) in [5, 5.41) is 11.7. The zero-order chi connectivity index (χ0) is 19.1. The molecule has 2 amide bonds. The first-order chi connectivity index (χ1) is 13.7. The fraction of sp³-hybridized carbons (Fsp3) is 0.167. The number of benzene rings is 1. The molecule has 1 aliphatic rings. The van der Waals surface area contributed by atoms with Crippen LogP contribution in [0.3, 0.4) is 0 Å². The van der Waals surface area contributed by atoms with Gasteiger partial charge in [-0.2, -0.15) is 5.10 Å². The average Bonchev–Trinajstić information content (AvgIpc) is 3.10. The van der Waals surface area contributed by atoms with E-state index in [9.17, 15) is 9.59 Å². The van der Waals surface area contributed by atoms with Crippen LogP contribution in [0.15, 0.2) is 46.6 Å². The molecule has 0 aliphatic heterocycles. The summed E-state index contributed by atoms with van der Waals surface area (Å²) < 4.78 is 7.22. The number of carbonyl (C=O) groups excluding carboxylic acids is 2. The van der Waals surface area contributed by atoms with Gasteiger partial charge in [0.25, 0.3) is 0 Å². The summed E-state index contributed by atoms with van der Waals surface area (Å²) in [7, 11) is 0. The molecule has 3 heterocycles. The van der Waals surface area contributed by atoms with Crippen molar-refractivity contribution >= 4 is 45.6 Å². The Hall–Kier alpha value is -3.53. The molecule has 0 bridgehead atoms. The van der Waals surface area contributed by atoms with E-state index in [-0.39, 0.29) is 0 Å². The highest BCUT2D eigenvalue weighted by atomic mass is 32.1. The van der Waals surface area contributed by atoms with Gasteiger partial charge in [-0.3, -0.25) is 9.59 Å². The van der Waals surface area contributed by atoms with Gasteiger partial charge in [0.2, 0.25) is 5.13 Å². The lowest BCUT2D eigenvalue weighted by atomic mass is 10.3. The number of thiazole rings is 1. The molecule has 28 heavy (non-hydrogen) atoms. The summed E-state index contributed by atoms with van der Waals surface area (Å²) in [6, 6.07) is 5.10. The van der Waals surface area contributed by atoms with Crippen LogP contribution < -0.4 is 10.6 Å². The van der Waals surface area contributed by atoms with Crippen LogP contribution >= 0.6 is 11.3 Å². The van der Waals surface area contributed by atoms with Gasteiger partial charge in [-0.05, 0) is 31.0 Å². The normalized spacial score (nSPS) is 13.6. The lowest BCUT2D eigenvalue weighted by Crippen LogP contribution is -2.28. The van der Waals surface area contributed by atoms with Gasteiger partial charge >= 0.3 is 11.8 Å². The number of amides is 2. The Kier molecular flexibility index (Phi) is 3.90. The topological polar surface area (TPSA) is 115 Å². The highest BCUT2D eigenvalue weighted by molar-refractivity contribution is 7.12. The summed E-state index contributed by atoms with van der Waals surface area (Å²) >= 11 is 1.41. The van der Waals surface area contributed by atoms with Gasteiger partial charge in [-0.15, -0.1) is 11.3 Å². The maximum Gasteiger partial charge on any atom is 0.314 e. The Morgan fingerprint density at radius 1 is 1.18 bits per heavy atom. The average molecular weight is 394 g/mol. The minimum absolute atomic E-state index is 0.399. The summed E-state index contributed by atoms with van der Waals surface area (Å²) in [6.45, 7) is 0. The first kappa shape index (κ1) is 16.6. The summed E-state index contributed by atoms with van der Waals surface area (Å²) in [5.74, 6) is -0.445. The predicted molar refractivity (Wildman–Crippen MR) is 102 cm³/mol. The number of nitrogens with zero attached hydrogens (tertiary/aromatic N) is 4. The second-order valence-electron chi connectivity index (χ2n) is 6.41. The fourth-order valence-electron chi connectivity index (χ4n) is 2.72. The molecule has 0 unspecified atom stereocenters. The Balaban J connectivity index is 1.26. The highest BCUT2D eigenvalue weighted by Gasteiger charge is 2.29. The Morgan fingerprint density at radius 3 is 2.75 bits per heavy atom. The number of anilines is 2. The molecule has 9 nitrogen and oxygen atoms in total. The number of nitrogens with one attached hydrogen (secondary N) is 2. The van der Waals surface area contributed by atoms with Crippen LogP contribution in [0.5, 0.6) is 0 Å². The van der Waals surface area contributed by atoms with Crippen molar-refractivity contribution in [3.63, 3.8) is 0 Å². The number of fused-ring (bicyclic) bond motifs is 1. The molecule has 10 heteroatoms. The number of oxazole rings is 1. The fourth-order valence-corrected chi connectivity index (χ4v) is 3.30. The first-order valence-electron chi connectivity index (χ1n) is 8.63. The summed E-state index contributed by atoms with van der Waals surface area (Å²) in [4.78, 5) is 33.0. The van der Waals surface area contributed by atoms with Crippen LogP contribution in [-0.2, 0) is 9.59 Å². The molecule has 1 aliphatic carbocycles. The molecule has 5 rings (SSSR count). The number of aromatic nitrogens is 4. The largest absolute Gasteiger partial charge is 0.440 e. The van der Waals surface area contributed by atoms with Gasteiger partial charge in [-0.25, -0.2) is 14.6 Å². The molecule has 4 aromatic rings. The third-order valence-corrected chi connectivity index (χ3v) is 5.01. The monoisotopic (exact) mass is 394 g/mol. The van der Waals surface area contributed by atoms with Crippen molar-refractivity contribution in [2.45, 2.75) is 18.8 Å². The smallest absolute Gasteiger partial charge is 0.314 e. The molecule has 3 aromatic heterocycles. The zero-order valence-corrected chi connectivity index (χ0v) is 15.3. The van der Waals surface area contributed by atoms with Crippen LogP contribution in [0.1, 0.15) is 24.7 Å². The van der Waals surface area contributed by atoms with Crippen molar-refractivity contribution in [1.29, 1.82) is 0 Å². The minimum Gasteiger partial charge on any atom is -0.440 e. The quantitative estimate of drug-likeness (QED) is 0.514. The van der Waals surface area contributed by atoms with E-state index >= 15 is 0 Å². The standard InChI is InChI=1S/C18H14N6O3S/c25-15(16(26)22-12-8-20-24(9-12)18-19-5-6-28-18)21-11-3-4-14-13(7-11)23-17(27-14)10-1-2-10/h3-10H,1-2H2,(H,21,25)(H,22,26). The first-order valence-corrected chi connectivity index (χ1v) is 9.51. The number of hydrogen-bond acceptors (Lipinski definition) is 7. The number of carbonyl (C=O) groups is 2. The number of rotatable bonds is 4. The van der Waals surface area contributed by atoms with Gasteiger partial charge < -0.3 is 15.1 Å². The van der Waals surface area contributed by atoms with Gasteiger partial charge in [0.15, 0.2) is 11.5 Å². The summed E-state index contributed by atoms with van der Waals surface area (Å²) in [5.41, 5.74) is 2.20. The van der Waals surface area contributed by atoms with Crippen molar-refractivity contribution < 1.29 is 14.0 Å². The Bertz CT molecular complexity index is 1180. The van der Waals surface area contributed by atoms with E-state index in [0.717, 1.165) is 18.7 Å². The lowest BCUT2D eigenvalue weighted by Gasteiger charge is -2.04. The van der Waals surface area contributed by atoms with E-state index in [4.69, 9.17) is 4.42 Å². The van der Waals surface area contributed by atoms with Crippen molar-refractivity contribution in [2.75, 3.05) is 10.6 Å². The molecule has 1 fully saturated rings. The van der Waals surface area contributed by atoms with Gasteiger partial charge in [0.1, 0.15) is 5.52 Å². The number of hydrogen-bond donors (Lipinski definition) is 2. The van der Waals surface area contributed by atoms with E-state index in [1.807, 2.05) is 5.38 Å². The van der Waals surface area contributed by atoms with Crippen molar-refractivity contribution in [3.8, 4) is 5.13 Å². The zero-order valence-electron chi connectivity index (χ0n) is 14.5. The van der Waals surface area contributed by atoms with Gasteiger partial charge in [0.05, 0.1) is 18.1 Å². The molecule has 140 valence electrons. The molecule has 0 atom stereocenters. The van der Waals surface area contributed by atoms with Gasteiger partial charge in [0, 0.05) is 23.2 Å². The van der Waals surface area contributed by atoms with Crippen molar-refractivity contribution in [3.05, 3.63) is 48.1 Å². The third-order valence-electron chi connectivity index (χ3n) is 4.25. The van der Waals surface area contributed by atoms with E-state index < -0.39 is 11.8 Å². The molecule has 0 radical (unpaired) electrons. The molecule has 1 saturated carbocycles. The summed E-state index contributed by atoms with van der Waals surface area (Å²) in [6.07, 6.45) is 6.89. The minimum atomic E-state index is -0.794. The molecule has 0 saturated heterocycles. The van der Waals surface area contributed by atoms with Crippen LogP contribution in [0.4, 0.5) is 11.4 Å². The maximum absolute atomic E-state index is 12.2. The second-order valence-corrected chi connectivity index (χ2v) is 7.28. The van der Waals surface area contributed by atoms with E-state index in [0.29, 0.717) is 33.5 Å². The maximum atomic E-state index is 12.2. The molecular weight excluding hydrogens is 380 g/mol. The van der Waals surface area contributed by atoms with Crippen molar-refractivity contribution in [1.82, 2.24) is 19.7 Å². The third kappa shape index (κ3) is 3.25.